The molecule has 0 radical (unpaired) electrons. The molecule has 2 rings (SSSR count). The van der Waals surface area contributed by atoms with Crippen molar-refractivity contribution in [2.24, 2.45) is 0 Å². The molecule has 0 bridgehead atoms. The molecule has 0 aliphatic heterocycles. The van der Waals surface area contributed by atoms with Gasteiger partial charge in [-0.15, -0.1) is 0 Å². The third kappa shape index (κ3) is 6.20. The van der Waals surface area contributed by atoms with Crippen molar-refractivity contribution in [2.45, 2.75) is 13.1 Å². The summed E-state index contributed by atoms with van der Waals surface area (Å²) in [7, 11) is 1.62. The zero-order valence-corrected chi connectivity index (χ0v) is 15.6. The van der Waals surface area contributed by atoms with Crippen molar-refractivity contribution in [3.8, 4) is 11.5 Å². The highest BCUT2D eigenvalue weighted by Crippen LogP contribution is 2.35. The van der Waals surface area contributed by atoms with Crippen molar-refractivity contribution in [3.05, 3.63) is 77.4 Å². The molecular formula is C20H18F3N3O3. The fraction of sp³-hybridized carbons (Fsp3) is 0.150. The first-order valence-electron chi connectivity index (χ1n) is 8.37. The first-order valence-corrected chi connectivity index (χ1v) is 8.37. The number of carbonyl (C=O) groups excluding carboxylic acids is 2. The zero-order chi connectivity index (χ0) is 21.4. The van der Waals surface area contributed by atoms with E-state index in [1.54, 1.807) is 20.0 Å². The minimum atomic E-state index is -4.61. The third-order valence-electron chi connectivity index (χ3n) is 3.60. The maximum Gasteiger partial charge on any atom is 0.416 e. The van der Waals surface area contributed by atoms with E-state index in [9.17, 15) is 22.8 Å². The lowest BCUT2D eigenvalue weighted by Crippen LogP contribution is -2.23. The second-order valence-electron chi connectivity index (χ2n) is 5.78. The Morgan fingerprint density at radius 2 is 1.97 bits per heavy atom. The predicted octanol–water partition coefficient (Wildman–Crippen LogP) is 3.75. The molecule has 1 amide bonds. The number of amides is 1. The summed E-state index contributed by atoms with van der Waals surface area (Å²) in [5.74, 6) is -0.878. The van der Waals surface area contributed by atoms with Crippen LogP contribution < -0.4 is 15.4 Å². The SMILES string of the molecule is CN/C=C\C(=C/C=O)NC(=O)c1ccc(C(F)(F)F)cc1Oc1ccc(C)nc1. The number of nitrogens with one attached hydrogen (secondary N) is 2. The van der Waals surface area contributed by atoms with Crippen LogP contribution in [0.25, 0.3) is 0 Å². The number of halogens is 3. The Morgan fingerprint density at radius 3 is 2.55 bits per heavy atom. The molecule has 1 heterocycles. The van der Waals surface area contributed by atoms with Crippen molar-refractivity contribution < 1.29 is 27.5 Å². The molecule has 2 aromatic rings. The third-order valence-corrected chi connectivity index (χ3v) is 3.60. The smallest absolute Gasteiger partial charge is 0.416 e. The van der Waals surface area contributed by atoms with Crippen molar-refractivity contribution in [1.29, 1.82) is 0 Å². The monoisotopic (exact) mass is 405 g/mol. The quantitative estimate of drug-likeness (QED) is 0.417. The Labute approximate surface area is 165 Å². The fourth-order valence-electron chi connectivity index (χ4n) is 2.20. The predicted molar refractivity (Wildman–Crippen MR) is 100 cm³/mol. The topological polar surface area (TPSA) is 80.3 Å². The number of allylic oxidation sites excluding steroid dienone is 2. The molecule has 9 heteroatoms. The summed E-state index contributed by atoms with van der Waals surface area (Å²) in [5, 5.41) is 5.15. The van der Waals surface area contributed by atoms with Gasteiger partial charge >= 0.3 is 6.18 Å². The van der Waals surface area contributed by atoms with E-state index >= 15 is 0 Å². The van der Waals surface area contributed by atoms with Crippen LogP contribution >= 0.6 is 0 Å². The van der Waals surface area contributed by atoms with Gasteiger partial charge in [-0.2, -0.15) is 13.2 Å². The zero-order valence-electron chi connectivity index (χ0n) is 15.6. The number of aromatic nitrogens is 1. The van der Waals surface area contributed by atoms with Gasteiger partial charge < -0.3 is 15.4 Å². The number of hydrogen-bond donors (Lipinski definition) is 2. The lowest BCUT2D eigenvalue weighted by atomic mass is 10.1. The Hall–Kier alpha value is -3.62. The van der Waals surface area contributed by atoms with Gasteiger partial charge in [-0.05, 0) is 49.5 Å². The number of aldehydes is 1. The van der Waals surface area contributed by atoms with Crippen LogP contribution in [0.3, 0.4) is 0 Å². The number of carbonyl (C=O) groups is 2. The molecule has 6 nitrogen and oxygen atoms in total. The summed E-state index contributed by atoms with van der Waals surface area (Å²) in [6.07, 6.45) is 1.18. The summed E-state index contributed by atoms with van der Waals surface area (Å²) in [6.45, 7) is 1.74. The van der Waals surface area contributed by atoms with Crippen LogP contribution in [0.15, 0.2) is 60.6 Å². The first kappa shape index (κ1) is 21.7. The summed E-state index contributed by atoms with van der Waals surface area (Å²) in [5.41, 5.74) is -0.280. The summed E-state index contributed by atoms with van der Waals surface area (Å²) in [6, 6.07) is 5.67. The van der Waals surface area contributed by atoms with E-state index in [1.165, 1.54) is 24.5 Å². The van der Waals surface area contributed by atoms with Crippen LogP contribution in [-0.2, 0) is 11.0 Å². The molecule has 0 aliphatic carbocycles. The summed E-state index contributed by atoms with van der Waals surface area (Å²) < 4.78 is 44.8. The van der Waals surface area contributed by atoms with Gasteiger partial charge in [0.1, 0.15) is 17.8 Å². The van der Waals surface area contributed by atoms with Crippen molar-refractivity contribution in [1.82, 2.24) is 15.6 Å². The number of pyridine rings is 1. The number of nitrogens with zero attached hydrogens (tertiary/aromatic N) is 1. The Balaban J connectivity index is 2.42. The van der Waals surface area contributed by atoms with Gasteiger partial charge in [-0.3, -0.25) is 14.6 Å². The molecular weight excluding hydrogens is 387 g/mol. The van der Waals surface area contributed by atoms with E-state index in [0.29, 0.717) is 12.0 Å². The normalized spacial score (nSPS) is 12.0. The Morgan fingerprint density at radius 1 is 1.21 bits per heavy atom. The van der Waals surface area contributed by atoms with Gasteiger partial charge in [-0.1, -0.05) is 0 Å². The van der Waals surface area contributed by atoms with E-state index in [-0.39, 0.29) is 22.8 Å². The van der Waals surface area contributed by atoms with E-state index in [1.807, 2.05) is 0 Å². The average Bonchev–Trinajstić information content (AvgIpc) is 2.67. The molecule has 0 fully saturated rings. The number of rotatable bonds is 7. The van der Waals surface area contributed by atoms with Crippen molar-refractivity contribution in [2.75, 3.05) is 7.05 Å². The molecule has 0 aliphatic rings. The van der Waals surface area contributed by atoms with Crippen LogP contribution in [-0.4, -0.2) is 24.2 Å². The number of hydrogen-bond acceptors (Lipinski definition) is 5. The maximum absolute atomic E-state index is 13.1. The van der Waals surface area contributed by atoms with Gasteiger partial charge in [0.2, 0.25) is 0 Å². The van der Waals surface area contributed by atoms with Gasteiger partial charge in [-0.25, -0.2) is 0 Å². The number of ether oxygens (including phenoxy) is 1. The van der Waals surface area contributed by atoms with Crippen LogP contribution in [0.4, 0.5) is 13.2 Å². The minimum Gasteiger partial charge on any atom is -0.455 e. The van der Waals surface area contributed by atoms with E-state index < -0.39 is 17.6 Å². The molecule has 0 unspecified atom stereocenters. The highest BCUT2D eigenvalue weighted by molar-refractivity contribution is 5.98. The Kier molecular flexibility index (Phi) is 7.13. The van der Waals surface area contributed by atoms with Crippen molar-refractivity contribution in [3.63, 3.8) is 0 Å². The molecule has 152 valence electrons. The molecule has 0 spiro atoms. The van der Waals surface area contributed by atoms with E-state index in [0.717, 1.165) is 24.3 Å². The average molecular weight is 405 g/mol. The lowest BCUT2D eigenvalue weighted by molar-refractivity contribution is -0.137. The molecule has 0 atom stereocenters. The second-order valence-corrected chi connectivity index (χ2v) is 5.78. The van der Waals surface area contributed by atoms with Gasteiger partial charge in [0.25, 0.3) is 5.91 Å². The molecule has 2 N–H and O–H groups in total. The molecule has 0 saturated carbocycles. The van der Waals surface area contributed by atoms with Gasteiger partial charge in [0.15, 0.2) is 0 Å². The van der Waals surface area contributed by atoms with Crippen LogP contribution in [0.5, 0.6) is 11.5 Å². The van der Waals surface area contributed by atoms with Crippen LogP contribution in [0.1, 0.15) is 21.6 Å². The van der Waals surface area contributed by atoms with E-state index in [2.05, 4.69) is 15.6 Å². The Bertz CT molecular complexity index is 936. The van der Waals surface area contributed by atoms with Crippen molar-refractivity contribution >= 4 is 12.2 Å². The van der Waals surface area contributed by atoms with Gasteiger partial charge in [0.05, 0.1) is 17.3 Å². The number of benzene rings is 1. The lowest BCUT2D eigenvalue weighted by Gasteiger charge is -2.15. The molecule has 1 aromatic carbocycles. The summed E-state index contributed by atoms with van der Waals surface area (Å²) >= 11 is 0. The number of alkyl halides is 3. The maximum atomic E-state index is 13.1. The van der Waals surface area contributed by atoms with E-state index in [4.69, 9.17) is 4.74 Å². The summed E-state index contributed by atoms with van der Waals surface area (Å²) in [4.78, 5) is 27.4. The molecule has 29 heavy (non-hydrogen) atoms. The minimum absolute atomic E-state index is 0.141. The van der Waals surface area contributed by atoms with Gasteiger partial charge in [0, 0.05) is 24.5 Å². The fourth-order valence-corrected chi connectivity index (χ4v) is 2.20. The second kappa shape index (κ2) is 9.54. The first-order chi connectivity index (χ1) is 13.7. The highest BCUT2D eigenvalue weighted by atomic mass is 19.4. The number of aryl methyl sites for hydroxylation is 1. The largest absolute Gasteiger partial charge is 0.455 e. The molecule has 0 saturated heterocycles. The van der Waals surface area contributed by atoms with Crippen LogP contribution in [0.2, 0.25) is 0 Å². The highest BCUT2D eigenvalue weighted by Gasteiger charge is 2.32. The standard InChI is InChI=1S/C20H18F3N3O3/c1-13-3-5-16(12-25-13)29-18-11-14(20(21,22)23)4-6-17(18)19(28)26-15(8-10-27)7-9-24-2/h3-12,24H,1-2H3,(H,26,28)/b9-7-,15-8+. The van der Waals surface area contributed by atoms with Crippen LogP contribution in [0, 0.1) is 6.92 Å². The molecule has 1 aromatic heterocycles.